The van der Waals surface area contributed by atoms with Crippen LogP contribution in [-0.2, 0) is 19.0 Å². The van der Waals surface area contributed by atoms with Gasteiger partial charge in [0.1, 0.15) is 0 Å². The fourth-order valence-electron chi connectivity index (χ4n) is 2.68. The second-order valence-corrected chi connectivity index (χ2v) is 11.6. The molecule has 1 aliphatic rings. The Labute approximate surface area is 158 Å². The van der Waals surface area contributed by atoms with Crippen molar-refractivity contribution in [1.29, 1.82) is 0 Å². The summed E-state index contributed by atoms with van der Waals surface area (Å²) in [4.78, 5) is -0.254. The van der Waals surface area contributed by atoms with Crippen LogP contribution in [0.1, 0.15) is 33.6 Å². The molecule has 0 amide bonds. The van der Waals surface area contributed by atoms with Gasteiger partial charge in [0, 0.05) is 0 Å². The topological polar surface area (TPSA) is 52.6 Å². The molecule has 1 aromatic rings. The van der Waals surface area contributed by atoms with E-state index in [1.807, 2.05) is 51.1 Å². The van der Waals surface area contributed by atoms with Gasteiger partial charge in [0.2, 0.25) is 0 Å². The number of ether oxygens (including phenoxy) is 1. The van der Waals surface area contributed by atoms with Crippen molar-refractivity contribution >= 4 is 29.5 Å². The molecular formula is C17H23F3O4SSe. The number of rotatable bonds is 6. The number of alkyl halides is 3. The molecule has 0 radical (unpaired) electrons. The standard InChI is InChI=1S/C17H23F3O4SSe/c1-16(2,3)23-11-12-9-14(24-25(21,22)17(18,19)20)15(10-12)26-13-7-5-4-6-8-13/h4-8,12,14-15H,9-11H2,1-3H3/t12-,14?,15+/m0/s1. The summed E-state index contributed by atoms with van der Waals surface area (Å²) in [6.45, 7) is 6.07. The molecule has 2 rings (SSSR count). The van der Waals surface area contributed by atoms with Crippen LogP contribution in [0.3, 0.4) is 0 Å². The Balaban J connectivity index is 2.12. The Morgan fingerprint density at radius 1 is 1.12 bits per heavy atom. The molecule has 1 aromatic carbocycles. The summed E-state index contributed by atoms with van der Waals surface area (Å²) < 4.78 is 72.4. The number of halogens is 3. The van der Waals surface area contributed by atoms with Gasteiger partial charge in [0.05, 0.1) is 0 Å². The predicted molar refractivity (Wildman–Crippen MR) is 93.9 cm³/mol. The van der Waals surface area contributed by atoms with E-state index in [2.05, 4.69) is 4.18 Å². The summed E-state index contributed by atoms with van der Waals surface area (Å²) in [6.07, 6.45) is -0.149. The third-order valence-electron chi connectivity index (χ3n) is 3.86. The summed E-state index contributed by atoms with van der Waals surface area (Å²) in [7, 11) is -5.60. The van der Waals surface area contributed by atoms with E-state index < -0.39 is 21.7 Å². The molecule has 9 heteroatoms. The molecule has 26 heavy (non-hydrogen) atoms. The van der Waals surface area contributed by atoms with E-state index in [1.54, 1.807) is 0 Å². The zero-order valence-electron chi connectivity index (χ0n) is 14.8. The quantitative estimate of drug-likeness (QED) is 0.372. The normalized spacial score (nSPS) is 24.8. The van der Waals surface area contributed by atoms with E-state index >= 15 is 0 Å². The Bertz CT molecular complexity index is 686. The van der Waals surface area contributed by atoms with Crippen LogP contribution in [0.2, 0.25) is 4.82 Å². The number of hydrogen-bond acceptors (Lipinski definition) is 4. The Hall–Kier alpha value is -0.601. The monoisotopic (exact) mass is 460 g/mol. The van der Waals surface area contributed by atoms with Gasteiger partial charge in [-0.3, -0.25) is 0 Å². The average Bonchev–Trinajstić information content (AvgIpc) is 2.86. The van der Waals surface area contributed by atoms with Gasteiger partial charge in [0.25, 0.3) is 0 Å². The third kappa shape index (κ3) is 6.23. The van der Waals surface area contributed by atoms with Gasteiger partial charge in [-0.25, -0.2) is 0 Å². The van der Waals surface area contributed by atoms with Crippen molar-refractivity contribution < 1.29 is 30.5 Å². The second kappa shape index (κ2) is 8.19. The third-order valence-corrected chi connectivity index (χ3v) is 7.75. The van der Waals surface area contributed by atoms with E-state index in [0.717, 1.165) is 4.46 Å². The molecular weight excluding hydrogens is 436 g/mol. The maximum atomic E-state index is 12.7. The first kappa shape index (κ1) is 21.7. The molecule has 4 nitrogen and oxygen atoms in total. The van der Waals surface area contributed by atoms with Gasteiger partial charge < -0.3 is 0 Å². The first-order valence-electron chi connectivity index (χ1n) is 8.22. The van der Waals surface area contributed by atoms with E-state index in [-0.39, 0.29) is 37.7 Å². The van der Waals surface area contributed by atoms with Crippen molar-refractivity contribution in [3.63, 3.8) is 0 Å². The summed E-state index contributed by atoms with van der Waals surface area (Å²) >= 11 is -0.191. The summed E-state index contributed by atoms with van der Waals surface area (Å²) in [5, 5.41) is 0. The Morgan fingerprint density at radius 3 is 2.27 bits per heavy atom. The second-order valence-electron chi connectivity index (χ2n) is 7.26. The van der Waals surface area contributed by atoms with E-state index in [4.69, 9.17) is 4.74 Å². The SMILES string of the molecule is CC(C)(C)OC[C@H]1CC(OS(=O)(=O)C(F)(F)F)[C@H]([Se]c2ccccc2)C1. The van der Waals surface area contributed by atoms with Crippen LogP contribution >= 0.6 is 0 Å². The van der Waals surface area contributed by atoms with E-state index in [1.165, 1.54) is 0 Å². The van der Waals surface area contributed by atoms with E-state index in [9.17, 15) is 21.6 Å². The van der Waals surface area contributed by atoms with Crippen LogP contribution in [-0.4, -0.2) is 47.2 Å². The zero-order chi connectivity index (χ0) is 19.6. The molecule has 0 aliphatic heterocycles. The van der Waals surface area contributed by atoms with Crippen molar-refractivity contribution in [3.8, 4) is 0 Å². The molecule has 1 saturated carbocycles. The molecule has 0 bridgehead atoms. The first-order chi connectivity index (χ1) is 11.9. The fourth-order valence-corrected chi connectivity index (χ4v) is 6.32. The van der Waals surface area contributed by atoms with Crippen molar-refractivity contribution in [3.05, 3.63) is 30.3 Å². The molecule has 0 N–H and O–H groups in total. The van der Waals surface area contributed by atoms with Gasteiger partial charge >= 0.3 is 159 Å². The van der Waals surface area contributed by atoms with Gasteiger partial charge in [-0.1, -0.05) is 0 Å². The molecule has 0 saturated heterocycles. The molecule has 1 aliphatic carbocycles. The molecule has 0 aromatic heterocycles. The molecule has 0 heterocycles. The Morgan fingerprint density at radius 2 is 1.73 bits per heavy atom. The molecule has 1 fully saturated rings. The first-order valence-corrected chi connectivity index (χ1v) is 11.5. The Kier molecular flexibility index (Phi) is 6.83. The molecule has 148 valence electrons. The maximum absolute atomic E-state index is 12.7. The minimum absolute atomic E-state index is 0.0294. The van der Waals surface area contributed by atoms with Crippen LogP contribution in [0.25, 0.3) is 0 Å². The van der Waals surface area contributed by atoms with Gasteiger partial charge in [0.15, 0.2) is 0 Å². The average molecular weight is 459 g/mol. The summed E-state index contributed by atoms with van der Waals surface area (Å²) in [6, 6.07) is 9.36. The van der Waals surface area contributed by atoms with Crippen LogP contribution in [0.4, 0.5) is 13.2 Å². The number of hydrogen-bond donors (Lipinski definition) is 0. The van der Waals surface area contributed by atoms with Crippen LogP contribution in [0.5, 0.6) is 0 Å². The van der Waals surface area contributed by atoms with E-state index in [0.29, 0.717) is 13.0 Å². The fraction of sp³-hybridized carbons (Fsp3) is 0.647. The van der Waals surface area contributed by atoms with Crippen LogP contribution < -0.4 is 4.46 Å². The van der Waals surface area contributed by atoms with Gasteiger partial charge in [-0.2, -0.15) is 0 Å². The predicted octanol–water partition coefficient (Wildman–Crippen LogP) is 3.26. The molecule has 3 atom stereocenters. The summed E-state index contributed by atoms with van der Waals surface area (Å²) in [5.74, 6) is -0.0294. The van der Waals surface area contributed by atoms with Crippen molar-refractivity contribution in [2.45, 2.75) is 55.6 Å². The molecule has 0 spiro atoms. The number of benzene rings is 1. The molecule has 1 unspecified atom stereocenters. The van der Waals surface area contributed by atoms with Crippen molar-refractivity contribution in [2.75, 3.05) is 6.61 Å². The van der Waals surface area contributed by atoms with Crippen molar-refractivity contribution in [2.24, 2.45) is 5.92 Å². The minimum atomic E-state index is -5.60. The summed E-state index contributed by atoms with van der Waals surface area (Å²) in [5.41, 5.74) is -5.77. The van der Waals surface area contributed by atoms with Gasteiger partial charge in [-0.05, 0) is 0 Å². The van der Waals surface area contributed by atoms with Crippen LogP contribution in [0, 0.1) is 5.92 Å². The van der Waals surface area contributed by atoms with Crippen LogP contribution in [0.15, 0.2) is 30.3 Å². The van der Waals surface area contributed by atoms with Gasteiger partial charge in [-0.15, -0.1) is 0 Å². The van der Waals surface area contributed by atoms with Crippen molar-refractivity contribution in [1.82, 2.24) is 0 Å². The zero-order valence-corrected chi connectivity index (χ0v) is 17.4.